The van der Waals surface area contributed by atoms with Gasteiger partial charge in [0, 0.05) is 17.4 Å². The highest BCUT2D eigenvalue weighted by molar-refractivity contribution is 7.14. The van der Waals surface area contributed by atoms with Crippen molar-refractivity contribution in [2.24, 2.45) is 0 Å². The zero-order valence-electron chi connectivity index (χ0n) is 14.0. The van der Waals surface area contributed by atoms with Gasteiger partial charge in [0.25, 0.3) is 0 Å². The van der Waals surface area contributed by atoms with Crippen LogP contribution in [-0.2, 0) is 11.2 Å². The van der Waals surface area contributed by atoms with E-state index in [0.29, 0.717) is 34.3 Å². The molecule has 3 aromatic rings. The lowest BCUT2D eigenvalue weighted by atomic mass is 10.1. The van der Waals surface area contributed by atoms with E-state index in [4.69, 9.17) is 9.47 Å². The van der Waals surface area contributed by atoms with Gasteiger partial charge in [0.2, 0.25) is 12.7 Å². The molecule has 1 amide bonds. The number of hydrogen-bond acceptors (Lipinski definition) is 5. The largest absolute Gasteiger partial charge is 0.454 e. The van der Waals surface area contributed by atoms with Crippen LogP contribution in [0, 0.1) is 11.6 Å². The van der Waals surface area contributed by atoms with Crippen LogP contribution in [0.2, 0.25) is 0 Å². The van der Waals surface area contributed by atoms with Gasteiger partial charge in [-0.2, -0.15) is 0 Å². The first-order valence-corrected chi connectivity index (χ1v) is 9.06. The maximum Gasteiger partial charge on any atom is 0.231 e. The molecule has 0 fully saturated rings. The zero-order chi connectivity index (χ0) is 18.8. The molecule has 4 rings (SSSR count). The summed E-state index contributed by atoms with van der Waals surface area (Å²) in [5, 5.41) is 4.81. The molecule has 1 aromatic heterocycles. The molecule has 2 heterocycles. The van der Waals surface area contributed by atoms with E-state index in [9.17, 15) is 13.6 Å². The number of amides is 1. The van der Waals surface area contributed by atoms with Crippen molar-refractivity contribution in [2.45, 2.75) is 12.8 Å². The molecule has 0 bridgehead atoms. The topological polar surface area (TPSA) is 60.5 Å². The molecule has 2 aromatic carbocycles. The number of benzene rings is 2. The summed E-state index contributed by atoms with van der Waals surface area (Å²) in [5.74, 6) is -0.639. The molecular weight excluding hydrogens is 374 g/mol. The quantitative estimate of drug-likeness (QED) is 0.704. The lowest BCUT2D eigenvalue weighted by Crippen LogP contribution is -2.12. The molecular formula is C19H14F2N2O3S. The third kappa shape index (κ3) is 3.90. The lowest BCUT2D eigenvalue weighted by Gasteiger charge is -2.04. The Balaban J connectivity index is 1.36. The maximum absolute atomic E-state index is 13.3. The number of anilines is 1. The number of rotatable bonds is 5. The third-order valence-corrected chi connectivity index (χ3v) is 4.80. The van der Waals surface area contributed by atoms with E-state index < -0.39 is 11.6 Å². The van der Waals surface area contributed by atoms with E-state index >= 15 is 0 Å². The number of thiazole rings is 1. The number of hydrogen-bond donors (Lipinski definition) is 1. The van der Waals surface area contributed by atoms with Gasteiger partial charge in [-0.3, -0.25) is 4.79 Å². The first kappa shape index (κ1) is 17.4. The Morgan fingerprint density at radius 2 is 1.96 bits per heavy atom. The van der Waals surface area contributed by atoms with Crippen molar-refractivity contribution in [1.29, 1.82) is 0 Å². The van der Waals surface area contributed by atoms with Crippen molar-refractivity contribution in [3.8, 4) is 22.8 Å². The number of aromatic nitrogens is 1. The summed E-state index contributed by atoms with van der Waals surface area (Å²) in [4.78, 5) is 16.4. The lowest BCUT2D eigenvalue weighted by molar-refractivity contribution is -0.116. The van der Waals surface area contributed by atoms with Gasteiger partial charge < -0.3 is 14.8 Å². The predicted octanol–water partition coefficient (Wildman–Crippen LogP) is 4.39. The molecule has 0 unspecified atom stereocenters. The molecule has 0 saturated heterocycles. The second-order valence-corrected chi connectivity index (χ2v) is 6.76. The Hall–Kier alpha value is -3.00. The minimum atomic E-state index is -0.935. The molecule has 1 N–H and O–H groups in total. The first-order chi connectivity index (χ1) is 13.1. The second kappa shape index (κ2) is 7.32. The van der Waals surface area contributed by atoms with Crippen LogP contribution in [0.15, 0.2) is 41.8 Å². The van der Waals surface area contributed by atoms with Crippen molar-refractivity contribution in [3.05, 3.63) is 59.0 Å². The molecule has 0 saturated carbocycles. The van der Waals surface area contributed by atoms with Gasteiger partial charge in [-0.25, -0.2) is 13.8 Å². The van der Waals surface area contributed by atoms with Crippen LogP contribution in [0.4, 0.5) is 13.9 Å². The number of aryl methyl sites for hydroxylation is 1. The monoisotopic (exact) mass is 388 g/mol. The fraction of sp³-hybridized carbons (Fsp3) is 0.158. The summed E-state index contributed by atoms with van der Waals surface area (Å²) < 4.78 is 36.9. The Morgan fingerprint density at radius 3 is 2.81 bits per heavy atom. The number of carbonyl (C=O) groups is 1. The number of nitrogens with one attached hydrogen (secondary N) is 1. The molecule has 0 spiro atoms. The van der Waals surface area contributed by atoms with E-state index in [1.807, 2.05) is 18.2 Å². The number of halogens is 2. The summed E-state index contributed by atoms with van der Waals surface area (Å²) in [6.07, 6.45) is 0.823. The van der Waals surface area contributed by atoms with Crippen LogP contribution in [0.5, 0.6) is 11.5 Å². The van der Waals surface area contributed by atoms with Crippen LogP contribution >= 0.6 is 11.3 Å². The Labute approximate surface area is 157 Å². The summed E-state index contributed by atoms with van der Waals surface area (Å²) in [5.41, 5.74) is 1.90. The Kier molecular flexibility index (Phi) is 4.72. The van der Waals surface area contributed by atoms with Gasteiger partial charge in [0.1, 0.15) is 0 Å². The second-order valence-electron chi connectivity index (χ2n) is 5.90. The molecule has 1 aliphatic heterocycles. The van der Waals surface area contributed by atoms with Gasteiger partial charge in [-0.15, -0.1) is 11.3 Å². The summed E-state index contributed by atoms with van der Waals surface area (Å²) in [6.45, 7) is 0.212. The maximum atomic E-state index is 13.3. The van der Waals surface area contributed by atoms with Crippen molar-refractivity contribution < 1.29 is 23.0 Å². The number of ether oxygens (including phenoxy) is 2. The van der Waals surface area contributed by atoms with Crippen molar-refractivity contribution in [1.82, 2.24) is 4.98 Å². The van der Waals surface area contributed by atoms with Gasteiger partial charge in [-0.05, 0) is 42.3 Å². The molecule has 0 aliphatic carbocycles. The minimum absolute atomic E-state index is 0.182. The molecule has 0 atom stereocenters. The summed E-state index contributed by atoms with van der Waals surface area (Å²) >= 11 is 1.22. The van der Waals surface area contributed by atoms with Gasteiger partial charge in [0.15, 0.2) is 28.3 Å². The van der Waals surface area contributed by atoms with Crippen LogP contribution in [0.3, 0.4) is 0 Å². The van der Waals surface area contributed by atoms with E-state index in [0.717, 1.165) is 17.7 Å². The number of carbonyl (C=O) groups excluding carboxylic acids is 1. The van der Waals surface area contributed by atoms with E-state index in [1.54, 1.807) is 5.38 Å². The van der Waals surface area contributed by atoms with Crippen LogP contribution in [0.1, 0.15) is 12.0 Å². The number of fused-ring (bicyclic) bond motifs is 1. The molecule has 8 heteroatoms. The Morgan fingerprint density at radius 1 is 1.11 bits per heavy atom. The van der Waals surface area contributed by atoms with Gasteiger partial charge >= 0.3 is 0 Å². The summed E-state index contributed by atoms with van der Waals surface area (Å²) in [7, 11) is 0. The molecule has 5 nitrogen and oxygen atoms in total. The fourth-order valence-corrected chi connectivity index (χ4v) is 3.39. The highest BCUT2D eigenvalue weighted by Gasteiger charge is 2.14. The van der Waals surface area contributed by atoms with E-state index in [1.165, 1.54) is 17.4 Å². The minimum Gasteiger partial charge on any atom is -0.454 e. The average molecular weight is 388 g/mol. The van der Waals surface area contributed by atoms with Gasteiger partial charge in [0.05, 0.1) is 5.69 Å². The molecule has 27 heavy (non-hydrogen) atoms. The van der Waals surface area contributed by atoms with Crippen molar-refractivity contribution >= 4 is 22.4 Å². The first-order valence-electron chi connectivity index (χ1n) is 8.18. The van der Waals surface area contributed by atoms with Crippen molar-refractivity contribution in [3.63, 3.8) is 0 Å². The average Bonchev–Trinajstić information content (AvgIpc) is 3.31. The van der Waals surface area contributed by atoms with E-state index in [-0.39, 0.29) is 19.1 Å². The van der Waals surface area contributed by atoms with Crippen molar-refractivity contribution in [2.75, 3.05) is 12.1 Å². The van der Waals surface area contributed by atoms with E-state index in [2.05, 4.69) is 10.3 Å². The molecule has 0 radical (unpaired) electrons. The van der Waals surface area contributed by atoms with Crippen LogP contribution in [-0.4, -0.2) is 17.7 Å². The standard InChI is InChI=1S/C19H14F2N2O3S/c20-13-4-3-12(8-14(13)21)15-9-27-19(22-15)23-18(24)6-2-11-1-5-16-17(7-11)26-10-25-16/h1,3-5,7-9H,2,6,10H2,(H,22,23,24). The van der Waals surface area contributed by atoms with Gasteiger partial charge in [-0.1, -0.05) is 6.07 Å². The van der Waals surface area contributed by atoms with Crippen LogP contribution in [0.25, 0.3) is 11.3 Å². The number of nitrogens with zero attached hydrogens (tertiary/aromatic N) is 1. The Bertz CT molecular complexity index is 1010. The highest BCUT2D eigenvalue weighted by Crippen LogP contribution is 2.33. The smallest absolute Gasteiger partial charge is 0.231 e. The predicted molar refractivity (Wildman–Crippen MR) is 97.0 cm³/mol. The fourth-order valence-electron chi connectivity index (χ4n) is 2.66. The highest BCUT2D eigenvalue weighted by atomic mass is 32.1. The van der Waals surface area contributed by atoms with Crippen LogP contribution < -0.4 is 14.8 Å². The molecule has 1 aliphatic rings. The zero-order valence-corrected chi connectivity index (χ0v) is 14.8. The third-order valence-electron chi connectivity index (χ3n) is 4.04. The molecule has 138 valence electrons. The summed E-state index contributed by atoms with van der Waals surface area (Å²) in [6, 6.07) is 9.15. The normalized spacial score (nSPS) is 12.2. The SMILES string of the molecule is O=C(CCc1ccc2c(c1)OCO2)Nc1nc(-c2ccc(F)c(F)c2)cs1.